The van der Waals surface area contributed by atoms with E-state index in [4.69, 9.17) is 0 Å². The minimum atomic E-state index is -0.588. The van der Waals surface area contributed by atoms with Crippen molar-refractivity contribution in [2.75, 3.05) is 0 Å². The summed E-state index contributed by atoms with van der Waals surface area (Å²) < 4.78 is 7.50. The smallest absolute Gasteiger partial charge is 0.0734 e. The molecule has 10 aromatic carbocycles. The summed E-state index contributed by atoms with van der Waals surface area (Å²) >= 11 is 0. The third-order valence-corrected chi connectivity index (χ3v) is 14.1. The number of rotatable bonds is 5. The lowest BCUT2D eigenvalue weighted by Crippen LogP contribution is -2.29. The third-order valence-electron chi connectivity index (χ3n) is 14.1. The molecule has 0 saturated heterocycles. The molecule has 3 heteroatoms. The zero-order valence-corrected chi connectivity index (χ0v) is 34.9. The van der Waals surface area contributed by atoms with E-state index in [1.54, 1.807) is 0 Å². The third kappa shape index (κ3) is 4.65. The van der Waals surface area contributed by atoms with Gasteiger partial charge in [-0.05, 0) is 94.5 Å². The monoisotopic (exact) mass is 813 g/mol. The van der Waals surface area contributed by atoms with Gasteiger partial charge in [-0.2, -0.15) is 0 Å². The molecule has 0 amide bonds. The number of aromatic nitrogens is 3. The first-order valence-corrected chi connectivity index (χ1v) is 22.2. The molecule has 298 valence electrons. The molecule has 3 heterocycles. The van der Waals surface area contributed by atoms with E-state index in [2.05, 4.69) is 250 Å². The van der Waals surface area contributed by atoms with Gasteiger partial charge in [-0.15, -0.1) is 0 Å². The van der Waals surface area contributed by atoms with Crippen molar-refractivity contribution in [3.63, 3.8) is 0 Å². The second kappa shape index (κ2) is 13.3. The maximum atomic E-state index is 2.61. The zero-order valence-electron chi connectivity index (χ0n) is 34.9. The maximum Gasteiger partial charge on any atom is 0.0734 e. The average molecular weight is 814 g/mol. The molecule has 13 aromatic rings. The Balaban J connectivity index is 1.20. The van der Waals surface area contributed by atoms with Crippen LogP contribution < -0.4 is 0 Å². The summed E-state index contributed by atoms with van der Waals surface area (Å²) in [5, 5.41) is 7.36. The molecule has 1 aliphatic rings. The van der Waals surface area contributed by atoms with Crippen LogP contribution in [0.5, 0.6) is 0 Å². The highest BCUT2D eigenvalue weighted by atomic mass is 15.0. The molecule has 0 spiro atoms. The lowest BCUT2D eigenvalue weighted by molar-refractivity contribution is 0.762. The number of hydrogen-bond donors (Lipinski definition) is 0. The van der Waals surface area contributed by atoms with Crippen molar-refractivity contribution in [2.24, 2.45) is 0 Å². The van der Waals surface area contributed by atoms with Crippen molar-refractivity contribution in [3.8, 4) is 28.2 Å². The number of hydrogen-bond acceptors (Lipinski definition) is 0. The summed E-state index contributed by atoms with van der Waals surface area (Å²) in [7, 11) is 0. The lowest BCUT2D eigenvalue weighted by atomic mass is 9.67. The molecule has 1 aliphatic carbocycles. The van der Waals surface area contributed by atoms with Gasteiger partial charge in [-0.1, -0.05) is 170 Å². The Morgan fingerprint density at radius 2 is 0.656 bits per heavy atom. The molecule has 0 saturated carbocycles. The van der Waals surface area contributed by atoms with Crippen LogP contribution in [0.3, 0.4) is 0 Å². The molecule has 0 unspecified atom stereocenters. The van der Waals surface area contributed by atoms with Crippen LogP contribution in [0.1, 0.15) is 22.3 Å². The molecule has 14 rings (SSSR count). The van der Waals surface area contributed by atoms with Gasteiger partial charge in [0.15, 0.2) is 0 Å². The zero-order chi connectivity index (χ0) is 41.9. The van der Waals surface area contributed by atoms with Crippen LogP contribution in [0.25, 0.3) is 93.6 Å². The quantitative estimate of drug-likeness (QED) is 0.164. The molecular weight excluding hydrogens is 775 g/mol. The molecule has 3 nitrogen and oxygen atoms in total. The van der Waals surface area contributed by atoms with Gasteiger partial charge in [0, 0.05) is 49.3 Å². The summed E-state index contributed by atoms with van der Waals surface area (Å²) in [4.78, 5) is 0. The molecular formula is C61H39N3. The Hall–Kier alpha value is -8.40. The van der Waals surface area contributed by atoms with Gasteiger partial charge in [0.25, 0.3) is 0 Å². The first-order valence-electron chi connectivity index (χ1n) is 22.2. The van der Waals surface area contributed by atoms with Crippen molar-refractivity contribution in [3.05, 3.63) is 259 Å². The topological polar surface area (TPSA) is 14.8 Å². The van der Waals surface area contributed by atoms with Crippen molar-refractivity contribution >= 4 is 65.4 Å². The molecule has 0 aliphatic heterocycles. The largest absolute Gasteiger partial charge is 0.309 e. The van der Waals surface area contributed by atoms with Crippen molar-refractivity contribution in [2.45, 2.75) is 5.41 Å². The first kappa shape index (κ1) is 35.2. The standard InChI is InChI=1S/C61H39N3/c1-5-20-40(21-6-1)61(41-22-7-2-8-23-41)52-32-16-13-28-44(52)47-31-19-35-55(60(47)61)64-58-36-48-45-29-14-17-33-53(45)62(42-24-9-3-10-25-42)56(48)38-50(58)51-39-57-49(37-59(51)64)46-30-15-18-34-54(46)63(57)43-26-11-4-12-27-43/h1-39H. The van der Waals surface area contributed by atoms with Gasteiger partial charge < -0.3 is 13.7 Å². The van der Waals surface area contributed by atoms with E-state index >= 15 is 0 Å². The fraction of sp³-hybridized carbons (Fsp3) is 0.0164. The van der Waals surface area contributed by atoms with Crippen LogP contribution in [0.2, 0.25) is 0 Å². The number of nitrogens with zero attached hydrogens (tertiary/aromatic N) is 3. The molecule has 64 heavy (non-hydrogen) atoms. The van der Waals surface area contributed by atoms with Crippen LogP contribution >= 0.6 is 0 Å². The van der Waals surface area contributed by atoms with Crippen LogP contribution in [0.4, 0.5) is 0 Å². The molecule has 0 radical (unpaired) electrons. The van der Waals surface area contributed by atoms with Crippen molar-refractivity contribution < 1.29 is 0 Å². The number of benzene rings is 10. The number of para-hydroxylation sites is 4. The minimum Gasteiger partial charge on any atom is -0.309 e. The van der Waals surface area contributed by atoms with E-state index in [9.17, 15) is 0 Å². The summed E-state index contributed by atoms with van der Waals surface area (Å²) in [6.45, 7) is 0. The Morgan fingerprint density at radius 1 is 0.266 bits per heavy atom. The van der Waals surface area contributed by atoms with Gasteiger partial charge in [0.1, 0.15) is 0 Å². The highest BCUT2D eigenvalue weighted by Crippen LogP contribution is 2.58. The fourth-order valence-corrected chi connectivity index (χ4v) is 11.6. The van der Waals surface area contributed by atoms with Gasteiger partial charge in [0.2, 0.25) is 0 Å². The second-order valence-electron chi connectivity index (χ2n) is 17.2. The average Bonchev–Trinajstić information content (AvgIpc) is 4.07. The minimum absolute atomic E-state index is 0.588. The first-order chi connectivity index (χ1) is 31.8. The van der Waals surface area contributed by atoms with E-state index in [1.807, 2.05) is 0 Å². The maximum absolute atomic E-state index is 2.61. The van der Waals surface area contributed by atoms with E-state index < -0.39 is 5.41 Å². The molecule has 0 N–H and O–H groups in total. The fourth-order valence-electron chi connectivity index (χ4n) is 11.6. The predicted molar refractivity (Wildman–Crippen MR) is 267 cm³/mol. The lowest BCUT2D eigenvalue weighted by Gasteiger charge is -2.35. The van der Waals surface area contributed by atoms with Crippen molar-refractivity contribution in [1.29, 1.82) is 0 Å². The highest BCUT2D eigenvalue weighted by Gasteiger charge is 2.48. The van der Waals surface area contributed by atoms with E-state index in [1.165, 1.54) is 104 Å². The predicted octanol–water partition coefficient (Wildman–Crippen LogP) is 15.3. The molecule has 0 fully saturated rings. The Labute approximate surface area is 369 Å². The van der Waals surface area contributed by atoms with E-state index in [-0.39, 0.29) is 0 Å². The van der Waals surface area contributed by atoms with E-state index in [0.29, 0.717) is 0 Å². The second-order valence-corrected chi connectivity index (χ2v) is 17.2. The summed E-state index contributed by atoms with van der Waals surface area (Å²) in [6, 6.07) is 87.7. The number of fused-ring (bicyclic) bond motifs is 12. The molecule has 0 bridgehead atoms. The Bertz CT molecular complexity index is 3770. The van der Waals surface area contributed by atoms with Crippen LogP contribution in [-0.2, 0) is 5.41 Å². The summed E-state index contributed by atoms with van der Waals surface area (Å²) in [5.74, 6) is 0. The van der Waals surface area contributed by atoms with Gasteiger partial charge in [-0.3, -0.25) is 0 Å². The van der Waals surface area contributed by atoms with Gasteiger partial charge in [-0.25, -0.2) is 0 Å². The Kier molecular flexibility index (Phi) is 7.32. The summed E-state index contributed by atoms with van der Waals surface area (Å²) in [5.41, 5.74) is 17.7. The van der Waals surface area contributed by atoms with Crippen LogP contribution in [0, 0.1) is 0 Å². The van der Waals surface area contributed by atoms with E-state index in [0.717, 1.165) is 11.4 Å². The SMILES string of the molecule is c1ccc(-n2c3ccccc3c3cc4c(cc32)c2cc3c(cc2n4-c2cccc4c2C(c2ccccc2)(c2ccccc2)c2ccccc2-4)c2ccccc2n3-c2ccccc2)cc1. The molecule has 0 atom stereocenters. The normalized spacial score (nSPS) is 13.1. The Morgan fingerprint density at radius 3 is 1.17 bits per heavy atom. The summed E-state index contributed by atoms with van der Waals surface area (Å²) in [6.07, 6.45) is 0. The highest BCUT2D eigenvalue weighted by molar-refractivity contribution is 6.23. The van der Waals surface area contributed by atoms with Crippen LogP contribution in [-0.4, -0.2) is 13.7 Å². The van der Waals surface area contributed by atoms with Gasteiger partial charge in [0.05, 0.1) is 44.2 Å². The molecule has 3 aromatic heterocycles. The van der Waals surface area contributed by atoms with Crippen LogP contribution in [0.15, 0.2) is 237 Å². The van der Waals surface area contributed by atoms with Gasteiger partial charge >= 0.3 is 0 Å². The van der Waals surface area contributed by atoms with Crippen molar-refractivity contribution in [1.82, 2.24) is 13.7 Å².